The average molecular weight is 283 g/mol. The summed E-state index contributed by atoms with van der Waals surface area (Å²) in [4.78, 5) is 18.1. The Morgan fingerprint density at radius 2 is 2.26 bits per heavy atom. The van der Waals surface area contributed by atoms with Crippen LogP contribution in [0.3, 0.4) is 0 Å². The highest BCUT2D eigenvalue weighted by Gasteiger charge is 2.26. The molecule has 1 amide bonds. The second-order valence-corrected chi connectivity index (χ2v) is 5.07. The van der Waals surface area contributed by atoms with E-state index in [1.165, 1.54) is 0 Å². The van der Waals surface area contributed by atoms with E-state index in [1.807, 2.05) is 6.07 Å². The minimum Gasteiger partial charge on any atom is -0.359 e. The van der Waals surface area contributed by atoms with Crippen LogP contribution in [0.15, 0.2) is 12.3 Å². The predicted octanol–water partition coefficient (Wildman–Crippen LogP) is 1.16. The number of rotatable bonds is 3. The first-order valence-electron chi connectivity index (χ1n) is 6.47. The second-order valence-electron chi connectivity index (χ2n) is 4.69. The lowest BCUT2D eigenvalue weighted by molar-refractivity contribution is -0.125. The van der Waals surface area contributed by atoms with Gasteiger partial charge in [0.25, 0.3) is 0 Å². The zero-order valence-corrected chi connectivity index (χ0v) is 11.8. The molecular weight excluding hydrogens is 264 g/mol. The van der Waals surface area contributed by atoms with Gasteiger partial charge in [-0.15, -0.1) is 0 Å². The van der Waals surface area contributed by atoms with Gasteiger partial charge in [0.1, 0.15) is 5.82 Å². The molecule has 0 spiro atoms. The van der Waals surface area contributed by atoms with Crippen LogP contribution in [-0.4, -0.2) is 31.0 Å². The maximum absolute atomic E-state index is 11.6. The number of nitrogens with zero attached hydrogens (tertiary/aromatic N) is 2. The van der Waals surface area contributed by atoms with Gasteiger partial charge in [0.15, 0.2) is 0 Å². The van der Waals surface area contributed by atoms with Crippen molar-refractivity contribution in [1.82, 2.24) is 10.3 Å². The third kappa shape index (κ3) is 2.98. The molecule has 3 N–H and O–H groups in total. The van der Waals surface area contributed by atoms with Crippen molar-refractivity contribution in [2.45, 2.75) is 19.4 Å². The summed E-state index contributed by atoms with van der Waals surface area (Å²) in [6.45, 7) is 1.99. The maximum atomic E-state index is 11.6. The van der Waals surface area contributed by atoms with E-state index in [1.54, 1.807) is 13.2 Å². The Balaban J connectivity index is 2.08. The number of nitrogens with two attached hydrogens (primary N) is 1. The van der Waals surface area contributed by atoms with Gasteiger partial charge >= 0.3 is 0 Å². The number of anilines is 1. The van der Waals surface area contributed by atoms with Crippen LogP contribution in [0, 0.1) is 5.92 Å². The van der Waals surface area contributed by atoms with Gasteiger partial charge < -0.3 is 16.0 Å². The number of carbonyl (C=O) groups excluding carboxylic acids is 1. The SMILES string of the molecule is CNC(=O)C1CCN(c2nccc(CN)c2Cl)CC1. The molecule has 0 saturated carbocycles. The number of hydrogen-bond donors (Lipinski definition) is 2. The molecule has 19 heavy (non-hydrogen) atoms. The van der Waals surface area contributed by atoms with E-state index >= 15 is 0 Å². The van der Waals surface area contributed by atoms with Crippen LogP contribution in [0.5, 0.6) is 0 Å². The molecule has 0 bridgehead atoms. The van der Waals surface area contributed by atoms with E-state index in [-0.39, 0.29) is 11.8 Å². The molecule has 1 aliphatic heterocycles. The largest absolute Gasteiger partial charge is 0.359 e. The quantitative estimate of drug-likeness (QED) is 0.873. The molecule has 1 aromatic heterocycles. The summed E-state index contributed by atoms with van der Waals surface area (Å²) in [7, 11) is 1.68. The fourth-order valence-corrected chi connectivity index (χ4v) is 2.72. The summed E-state index contributed by atoms with van der Waals surface area (Å²) in [6, 6.07) is 1.84. The summed E-state index contributed by atoms with van der Waals surface area (Å²) < 4.78 is 0. The summed E-state index contributed by atoms with van der Waals surface area (Å²) in [5, 5.41) is 3.33. The smallest absolute Gasteiger partial charge is 0.222 e. The highest BCUT2D eigenvalue weighted by atomic mass is 35.5. The first-order chi connectivity index (χ1) is 9.17. The van der Waals surface area contributed by atoms with Gasteiger partial charge in [0.2, 0.25) is 5.91 Å². The van der Waals surface area contributed by atoms with Crippen LogP contribution in [0.2, 0.25) is 5.02 Å². The van der Waals surface area contributed by atoms with E-state index < -0.39 is 0 Å². The lowest BCUT2D eigenvalue weighted by Gasteiger charge is -2.32. The summed E-state index contributed by atoms with van der Waals surface area (Å²) in [5.74, 6) is 0.993. The third-order valence-corrected chi connectivity index (χ3v) is 3.99. The van der Waals surface area contributed by atoms with Crippen LogP contribution in [0.1, 0.15) is 18.4 Å². The molecule has 0 atom stereocenters. The van der Waals surface area contributed by atoms with Gasteiger partial charge in [0.05, 0.1) is 5.02 Å². The molecule has 2 rings (SSSR count). The Morgan fingerprint density at radius 3 is 2.84 bits per heavy atom. The van der Waals surface area contributed by atoms with Crippen molar-refractivity contribution in [1.29, 1.82) is 0 Å². The zero-order chi connectivity index (χ0) is 13.8. The highest BCUT2D eigenvalue weighted by molar-refractivity contribution is 6.33. The van der Waals surface area contributed by atoms with Crippen molar-refractivity contribution < 1.29 is 4.79 Å². The van der Waals surface area contributed by atoms with Crippen molar-refractivity contribution in [3.05, 3.63) is 22.8 Å². The molecule has 0 radical (unpaired) electrons. The van der Waals surface area contributed by atoms with E-state index in [2.05, 4.69) is 15.2 Å². The fraction of sp³-hybridized carbons (Fsp3) is 0.538. The molecule has 6 heteroatoms. The average Bonchev–Trinajstić information content (AvgIpc) is 2.47. The number of carbonyl (C=O) groups is 1. The normalized spacial score (nSPS) is 16.5. The predicted molar refractivity (Wildman–Crippen MR) is 76.1 cm³/mol. The number of hydrogen-bond acceptors (Lipinski definition) is 4. The number of halogens is 1. The zero-order valence-electron chi connectivity index (χ0n) is 11.0. The fourth-order valence-electron chi connectivity index (χ4n) is 2.41. The van der Waals surface area contributed by atoms with E-state index in [0.29, 0.717) is 11.6 Å². The topological polar surface area (TPSA) is 71.2 Å². The number of nitrogens with one attached hydrogen (secondary N) is 1. The Morgan fingerprint density at radius 1 is 1.58 bits per heavy atom. The number of amides is 1. The minimum absolute atomic E-state index is 0.0951. The van der Waals surface area contributed by atoms with Gasteiger partial charge in [-0.25, -0.2) is 4.98 Å². The molecule has 1 aliphatic rings. The van der Waals surface area contributed by atoms with Crippen LogP contribution in [0.25, 0.3) is 0 Å². The van der Waals surface area contributed by atoms with Crippen LogP contribution in [0.4, 0.5) is 5.82 Å². The summed E-state index contributed by atoms with van der Waals surface area (Å²) in [6.07, 6.45) is 3.38. The van der Waals surface area contributed by atoms with E-state index in [0.717, 1.165) is 37.3 Å². The lowest BCUT2D eigenvalue weighted by atomic mass is 9.96. The second kappa shape index (κ2) is 6.21. The van der Waals surface area contributed by atoms with Gasteiger partial charge in [0, 0.05) is 38.8 Å². The Hall–Kier alpha value is -1.33. The van der Waals surface area contributed by atoms with Gasteiger partial charge in [-0.05, 0) is 24.5 Å². The number of piperidine rings is 1. The Bertz CT molecular complexity index is 458. The molecule has 1 aromatic rings. The van der Waals surface area contributed by atoms with Crippen LogP contribution in [-0.2, 0) is 11.3 Å². The molecule has 0 aliphatic carbocycles. The van der Waals surface area contributed by atoms with E-state index in [4.69, 9.17) is 17.3 Å². The highest BCUT2D eigenvalue weighted by Crippen LogP contribution is 2.30. The molecule has 0 aromatic carbocycles. The van der Waals surface area contributed by atoms with Gasteiger partial charge in [-0.2, -0.15) is 0 Å². The van der Waals surface area contributed by atoms with Crippen molar-refractivity contribution in [3.8, 4) is 0 Å². The van der Waals surface area contributed by atoms with Crippen molar-refractivity contribution in [2.75, 3.05) is 25.0 Å². The van der Waals surface area contributed by atoms with E-state index in [9.17, 15) is 4.79 Å². The Labute approximate surface area is 118 Å². The molecular formula is C13H19ClN4O. The van der Waals surface area contributed by atoms with Gasteiger partial charge in [-0.3, -0.25) is 4.79 Å². The molecule has 104 valence electrons. The first kappa shape index (κ1) is 14.1. The maximum Gasteiger partial charge on any atom is 0.222 e. The third-order valence-electron chi connectivity index (χ3n) is 3.58. The van der Waals surface area contributed by atoms with Gasteiger partial charge in [-0.1, -0.05) is 11.6 Å². The minimum atomic E-state index is 0.0951. The van der Waals surface area contributed by atoms with Crippen molar-refractivity contribution in [2.24, 2.45) is 11.7 Å². The van der Waals surface area contributed by atoms with Crippen LogP contribution < -0.4 is 16.0 Å². The summed E-state index contributed by atoms with van der Waals surface area (Å²) >= 11 is 6.31. The summed E-state index contributed by atoms with van der Waals surface area (Å²) in [5.41, 5.74) is 6.55. The molecule has 2 heterocycles. The Kier molecular flexibility index (Phi) is 4.61. The van der Waals surface area contributed by atoms with Crippen molar-refractivity contribution >= 4 is 23.3 Å². The van der Waals surface area contributed by atoms with Crippen molar-refractivity contribution in [3.63, 3.8) is 0 Å². The lowest BCUT2D eigenvalue weighted by Crippen LogP contribution is -2.40. The molecule has 1 fully saturated rings. The molecule has 0 unspecified atom stereocenters. The number of pyridine rings is 1. The molecule has 5 nitrogen and oxygen atoms in total. The first-order valence-corrected chi connectivity index (χ1v) is 6.85. The van der Waals surface area contributed by atoms with Crippen LogP contribution >= 0.6 is 11.6 Å². The molecule has 1 saturated heterocycles. The monoisotopic (exact) mass is 282 g/mol. The number of aromatic nitrogens is 1. The standard InChI is InChI=1S/C13H19ClN4O/c1-16-13(19)9-3-6-18(7-4-9)12-11(14)10(8-15)2-5-17-12/h2,5,9H,3-4,6-8,15H2,1H3,(H,16,19).